The molecular weight excluding hydrogens is 676 g/mol. The van der Waals surface area contributed by atoms with Gasteiger partial charge in [0.2, 0.25) is 29.4 Å². The van der Waals surface area contributed by atoms with Gasteiger partial charge in [0, 0.05) is 32.5 Å². The maximum atomic E-state index is 14.7. The molecule has 0 aromatic heterocycles. The molecule has 0 radical (unpaired) electrons. The lowest BCUT2D eigenvalue weighted by atomic mass is 9.79. The largest absolute Gasteiger partial charge is 0.346 e. The van der Waals surface area contributed by atoms with E-state index in [1.165, 1.54) is 11.0 Å². The number of fused-ring (bicyclic) bond motifs is 1. The lowest BCUT2D eigenvalue weighted by Gasteiger charge is -2.40. The number of carbonyl (C=O) groups is 7. The molecule has 0 aromatic rings. The number of unbranched alkanes of at least 4 members (excludes halogenated alkanes) is 1. The van der Waals surface area contributed by atoms with Gasteiger partial charge in [-0.05, 0) is 52.8 Å². The van der Waals surface area contributed by atoms with Crippen molar-refractivity contribution in [3.05, 3.63) is 12.7 Å². The highest BCUT2D eigenvalue weighted by atomic mass is 16.2. The van der Waals surface area contributed by atoms with E-state index in [4.69, 9.17) is 0 Å². The van der Waals surface area contributed by atoms with E-state index in [9.17, 15) is 33.6 Å². The van der Waals surface area contributed by atoms with Crippen LogP contribution in [0.2, 0.25) is 0 Å². The monoisotopic (exact) mass is 742 g/mol. The second kappa shape index (κ2) is 16.7. The van der Waals surface area contributed by atoms with Crippen LogP contribution in [0.3, 0.4) is 0 Å². The summed E-state index contributed by atoms with van der Waals surface area (Å²) >= 11 is 0. The molecule has 1 unspecified atom stereocenters. The van der Waals surface area contributed by atoms with E-state index < -0.39 is 69.9 Å². The van der Waals surface area contributed by atoms with Gasteiger partial charge in [-0.2, -0.15) is 0 Å². The Kier molecular flexibility index (Phi) is 13.8. The quantitative estimate of drug-likeness (QED) is 0.118. The standard InChI is InChI=1S/C40H66N6O7/c1-13-15-16-26(31(49)34(51)41-19-14-2)42-33(50)30-24-17-18-40(11,12)25(24)22-46(30)35(52)32(38(6,7)8)44-36(53)43-27(37(3,4)5)23-45-28(47)20-39(9,10)21-29(45)48/h14,24-27,30,32H,2,13,15-23H2,1,3-12H3,(H,41,51)(H,42,50)(H2,43,44,53)/t24-,25-,26?,27+,30-,32+/m0/s1. The molecule has 3 rings (SSSR count). The van der Waals surface area contributed by atoms with Gasteiger partial charge in [-0.25, -0.2) is 4.79 Å². The van der Waals surface area contributed by atoms with Crippen LogP contribution in [0.4, 0.5) is 4.79 Å². The Morgan fingerprint density at radius 3 is 2.06 bits per heavy atom. The number of imide groups is 1. The third-order valence-electron chi connectivity index (χ3n) is 11.4. The highest BCUT2D eigenvalue weighted by molar-refractivity contribution is 6.38. The molecule has 2 aliphatic heterocycles. The van der Waals surface area contributed by atoms with Gasteiger partial charge in [-0.3, -0.25) is 33.7 Å². The number of hydrogen-bond acceptors (Lipinski definition) is 7. The number of ketones is 1. The van der Waals surface area contributed by atoms with Gasteiger partial charge < -0.3 is 26.2 Å². The maximum absolute atomic E-state index is 14.7. The number of nitrogens with zero attached hydrogens (tertiary/aromatic N) is 2. The Labute approximate surface area is 316 Å². The van der Waals surface area contributed by atoms with Gasteiger partial charge in [0.05, 0.1) is 12.1 Å². The predicted octanol–water partition coefficient (Wildman–Crippen LogP) is 4.10. The molecule has 0 spiro atoms. The lowest BCUT2D eigenvalue weighted by Crippen LogP contribution is -2.63. The van der Waals surface area contributed by atoms with E-state index in [0.29, 0.717) is 19.4 Å². The molecule has 13 nitrogen and oxygen atoms in total. The van der Waals surface area contributed by atoms with E-state index in [0.717, 1.165) is 12.8 Å². The van der Waals surface area contributed by atoms with Gasteiger partial charge in [-0.15, -0.1) is 6.58 Å². The van der Waals surface area contributed by atoms with Crippen LogP contribution in [0.15, 0.2) is 12.7 Å². The highest BCUT2D eigenvalue weighted by Crippen LogP contribution is 2.53. The number of amides is 7. The maximum Gasteiger partial charge on any atom is 0.315 e. The topological polar surface area (TPSA) is 174 Å². The summed E-state index contributed by atoms with van der Waals surface area (Å²) in [5.74, 6) is -3.19. The Morgan fingerprint density at radius 2 is 1.53 bits per heavy atom. The van der Waals surface area contributed by atoms with Gasteiger partial charge in [0.25, 0.3) is 5.91 Å². The SMILES string of the molecule is C=CCNC(=O)C(=O)C(CCCC)NC(=O)[C@@H]1[C@H]2CCC(C)(C)[C@H]2CN1C(=O)[C@@H](NC(=O)N[C@H](CN1C(=O)CC(C)(C)CC1=O)C(C)(C)C)C(C)(C)C. The first-order valence-corrected chi connectivity index (χ1v) is 19.3. The number of rotatable bonds is 14. The number of carbonyl (C=O) groups excluding carboxylic acids is 7. The zero-order chi connectivity index (χ0) is 40.3. The van der Waals surface area contributed by atoms with Crippen LogP contribution >= 0.6 is 0 Å². The van der Waals surface area contributed by atoms with Crippen molar-refractivity contribution in [2.75, 3.05) is 19.6 Å². The molecular formula is C40H66N6O7. The Morgan fingerprint density at radius 1 is 0.925 bits per heavy atom. The van der Waals surface area contributed by atoms with Crippen LogP contribution < -0.4 is 21.3 Å². The normalized spacial score (nSPS) is 24.1. The fourth-order valence-corrected chi connectivity index (χ4v) is 8.01. The van der Waals surface area contributed by atoms with Gasteiger partial charge in [0.15, 0.2) is 0 Å². The first-order chi connectivity index (χ1) is 24.3. The van der Waals surface area contributed by atoms with E-state index in [1.54, 1.807) is 4.90 Å². The summed E-state index contributed by atoms with van der Waals surface area (Å²) in [7, 11) is 0. The molecule has 1 aliphatic carbocycles. The summed E-state index contributed by atoms with van der Waals surface area (Å²) in [6, 6.07) is -4.27. The molecule has 6 atom stereocenters. The van der Waals surface area contributed by atoms with Crippen LogP contribution in [-0.2, 0) is 28.8 Å². The predicted molar refractivity (Wildman–Crippen MR) is 203 cm³/mol. The van der Waals surface area contributed by atoms with Crippen molar-refractivity contribution >= 4 is 41.4 Å². The van der Waals surface area contributed by atoms with Crippen LogP contribution in [0.1, 0.15) is 121 Å². The van der Waals surface area contributed by atoms with Crippen molar-refractivity contribution in [3.8, 4) is 0 Å². The number of Topliss-reactive ketones (excluding diaryl/α,β-unsaturated/α-hetero) is 1. The summed E-state index contributed by atoms with van der Waals surface area (Å²) < 4.78 is 0. The van der Waals surface area contributed by atoms with Crippen LogP contribution in [0.25, 0.3) is 0 Å². The summed E-state index contributed by atoms with van der Waals surface area (Å²) in [5, 5.41) is 11.2. The number of nitrogens with one attached hydrogen (secondary N) is 4. The van der Waals surface area contributed by atoms with E-state index >= 15 is 0 Å². The summed E-state index contributed by atoms with van der Waals surface area (Å²) in [6.45, 7) is 25.2. The molecule has 2 saturated heterocycles. The minimum Gasteiger partial charge on any atom is -0.346 e. The van der Waals surface area contributed by atoms with Crippen LogP contribution in [0.5, 0.6) is 0 Å². The fourth-order valence-electron chi connectivity index (χ4n) is 8.01. The Balaban J connectivity index is 1.89. The summed E-state index contributed by atoms with van der Waals surface area (Å²) in [5.41, 5.74) is -1.92. The molecule has 0 aromatic carbocycles. The molecule has 7 amide bonds. The molecule has 0 bridgehead atoms. The first kappa shape index (κ1) is 43.6. The van der Waals surface area contributed by atoms with Gasteiger partial charge >= 0.3 is 6.03 Å². The third-order valence-corrected chi connectivity index (χ3v) is 11.4. The van der Waals surface area contributed by atoms with Crippen molar-refractivity contribution in [2.24, 2.45) is 33.5 Å². The smallest absolute Gasteiger partial charge is 0.315 e. The summed E-state index contributed by atoms with van der Waals surface area (Å²) in [4.78, 5) is 97.5. The zero-order valence-corrected chi connectivity index (χ0v) is 34.1. The molecule has 298 valence electrons. The van der Waals surface area contributed by atoms with Crippen molar-refractivity contribution in [1.29, 1.82) is 0 Å². The average molecular weight is 743 g/mol. The minimum absolute atomic E-state index is 0.00482. The Bertz CT molecular complexity index is 1420. The average Bonchev–Trinajstić information content (AvgIpc) is 3.56. The number of hydrogen-bond donors (Lipinski definition) is 4. The van der Waals surface area contributed by atoms with E-state index in [1.807, 2.05) is 62.3 Å². The molecule has 3 fully saturated rings. The molecule has 4 N–H and O–H groups in total. The van der Waals surface area contributed by atoms with E-state index in [-0.39, 0.29) is 61.4 Å². The number of likely N-dealkylation sites (tertiary alicyclic amines) is 2. The second-order valence-electron chi connectivity index (χ2n) is 19.1. The van der Waals surface area contributed by atoms with Crippen LogP contribution in [0, 0.1) is 33.5 Å². The third kappa shape index (κ3) is 10.7. The summed E-state index contributed by atoms with van der Waals surface area (Å²) in [6.07, 6.45) is 5.12. The van der Waals surface area contributed by atoms with Crippen molar-refractivity contribution < 1.29 is 33.6 Å². The fraction of sp³-hybridized carbons (Fsp3) is 0.775. The lowest BCUT2D eigenvalue weighted by molar-refractivity contribution is -0.153. The molecule has 53 heavy (non-hydrogen) atoms. The minimum atomic E-state index is -1.06. The number of piperidine rings is 1. The van der Waals surface area contributed by atoms with E-state index in [2.05, 4.69) is 41.7 Å². The van der Waals surface area contributed by atoms with Crippen LogP contribution in [-0.4, -0.2) is 95.0 Å². The molecule has 2 heterocycles. The Hall–Kier alpha value is -3.77. The molecule has 1 saturated carbocycles. The highest BCUT2D eigenvalue weighted by Gasteiger charge is 2.57. The van der Waals surface area contributed by atoms with Crippen molar-refractivity contribution in [2.45, 2.75) is 145 Å². The molecule has 13 heteroatoms. The van der Waals surface area contributed by atoms with Gasteiger partial charge in [0.1, 0.15) is 12.1 Å². The first-order valence-electron chi connectivity index (χ1n) is 19.3. The van der Waals surface area contributed by atoms with Crippen molar-refractivity contribution in [1.82, 2.24) is 31.1 Å². The number of urea groups is 1. The molecule has 3 aliphatic rings. The van der Waals surface area contributed by atoms with Crippen molar-refractivity contribution in [3.63, 3.8) is 0 Å². The van der Waals surface area contributed by atoms with Gasteiger partial charge in [-0.1, -0.05) is 95.1 Å². The zero-order valence-electron chi connectivity index (χ0n) is 34.1. The second-order valence-corrected chi connectivity index (χ2v) is 19.1.